The lowest BCUT2D eigenvalue weighted by Crippen LogP contribution is -2.38. The standard InChI is InChI=1S/C15H22N2O2S/c1-15(2,20-3)11-17-9-13(18)10-19-14-7-5-4-6-12(14)8-16/h4-7,13,17-18H,9-11H2,1-3H3. The summed E-state index contributed by atoms with van der Waals surface area (Å²) in [6, 6.07) is 9.08. The van der Waals surface area contributed by atoms with Crippen LogP contribution in [-0.2, 0) is 0 Å². The molecule has 0 saturated heterocycles. The number of para-hydroxylation sites is 1. The number of ether oxygens (including phenoxy) is 1. The maximum atomic E-state index is 9.87. The van der Waals surface area contributed by atoms with Crippen molar-refractivity contribution in [1.82, 2.24) is 5.32 Å². The monoisotopic (exact) mass is 294 g/mol. The molecule has 1 unspecified atom stereocenters. The number of thioether (sulfide) groups is 1. The molecule has 0 amide bonds. The number of hydrogen-bond donors (Lipinski definition) is 2. The third kappa shape index (κ3) is 5.83. The highest BCUT2D eigenvalue weighted by Gasteiger charge is 2.16. The zero-order valence-electron chi connectivity index (χ0n) is 12.2. The molecule has 110 valence electrons. The highest BCUT2D eigenvalue weighted by atomic mass is 32.2. The summed E-state index contributed by atoms with van der Waals surface area (Å²) in [7, 11) is 0. The summed E-state index contributed by atoms with van der Waals surface area (Å²) in [5.74, 6) is 0.512. The molecule has 0 aliphatic carbocycles. The average Bonchev–Trinajstić information content (AvgIpc) is 2.45. The van der Waals surface area contributed by atoms with Crippen LogP contribution in [0.25, 0.3) is 0 Å². The van der Waals surface area contributed by atoms with Crippen LogP contribution in [0.2, 0.25) is 0 Å². The minimum atomic E-state index is -0.598. The molecule has 0 aromatic heterocycles. The summed E-state index contributed by atoms with van der Waals surface area (Å²) in [6.45, 7) is 5.76. The van der Waals surface area contributed by atoms with Gasteiger partial charge in [0.1, 0.15) is 24.5 Å². The lowest BCUT2D eigenvalue weighted by molar-refractivity contribution is 0.106. The molecule has 0 fully saturated rings. The predicted molar refractivity (Wildman–Crippen MR) is 83.1 cm³/mol. The number of benzene rings is 1. The van der Waals surface area contributed by atoms with Gasteiger partial charge in [0.2, 0.25) is 0 Å². The molecular weight excluding hydrogens is 272 g/mol. The number of hydrogen-bond acceptors (Lipinski definition) is 5. The molecular formula is C15H22N2O2S. The van der Waals surface area contributed by atoms with E-state index in [1.165, 1.54) is 0 Å². The van der Waals surface area contributed by atoms with E-state index >= 15 is 0 Å². The molecule has 0 radical (unpaired) electrons. The zero-order valence-corrected chi connectivity index (χ0v) is 13.0. The zero-order chi connectivity index (χ0) is 15.0. The minimum Gasteiger partial charge on any atom is -0.489 e. The van der Waals surface area contributed by atoms with Crippen LogP contribution >= 0.6 is 11.8 Å². The highest BCUT2D eigenvalue weighted by Crippen LogP contribution is 2.19. The maximum absolute atomic E-state index is 9.87. The van der Waals surface area contributed by atoms with Crippen LogP contribution in [0.1, 0.15) is 19.4 Å². The van der Waals surface area contributed by atoms with Crippen molar-refractivity contribution in [2.75, 3.05) is 26.0 Å². The molecule has 0 spiro atoms. The van der Waals surface area contributed by atoms with Gasteiger partial charge >= 0.3 is 0 Å². The molecule has 0 saturated carbocycles. The molecule has 1 aromatic rings. The molecule has 4 nitrogen and oxygen atoms in total. The van der Waals surface area contributed by atoms with E-state index in [1.54, 1.807) is 30.0 Å². The SMILES string of the molecule is CSC(C)(C)CNCC(O)COc1ccccc1C#N. The summed E-state index contributed by atoms with van der Waals surface area (Å²) in [6.07, 6.45) is 1.47. The number of rotatable bonds is 8. The van der Waals surface area contributed by atoms with Crippen molar-refractivity contribution in [1.29, 1.82) is 5.26 Å². The van der Waals surface area contributed by atoms with E-state index in [0.29, 0.717) is 17.9 Å². The summed E-state index contributed by atoms with van der Waals surface area (Å²) >= 11 is 1.78. The van der Waals surface area contributed by atoms with Crippen molar-refractivity contribution in [2.45, 2.75) is 24.7 Å². The molecule has 20 heavy (non-hydrogen) atoms. The van der Waals surface area contributed by atoms with Gasteiger partial charge in [-0.2, -0.15) is 17.0 Å². The third-order valence-electron chi connectivity index (χ3n) is 2.92. The normalized spacial score (nSPS) is 12.8. The number of aliphatic hydroxyl groups excluding tert-OH is 1. The van der Waals surface area contributed by atoms with Crippen molar-refractivity contribution in [3.05, 3.63) is 29.8 Å². The number of aliphatic hydroxyl groups is 1. The number of nitrogens with zero attached hydrogens (tertiary/aromatic N) is 1. The second-order valence-corrected chi connectivity index (χ2v) is 6.68. The van der Waals surface area contributed by atoms with Crippen LogP contribution in [-0.4, -0.2) is 41.9 Å². The Morgan fingerprint density at radius 2 is 2.15 bits per heavy atom. The van der Waals surface area contributed by atoms with Crippen molar-refractivity contribution in [2.24, 2.45) is 0 Å². The Labute approximate surface area is 125 Å². The van der Waals surface area contributed by atoms with E-state index in [1.807, 2.05) is 6.07 Å². The Bertz CT molecular complexity index is 457. The lowest BCUT2D eigenvalue weighted by atomic mass is 10.2. The molecule has 0 bridgehead atoms. The van der Waals surface area contributed by atoms with Gasteiger partial charge < -0.3 is 15.2 Å². The Hall–Kier alpha value is -1.22. The molecule has 0 aliphatic heterocycles. The predicted octanol–water partition coefficient (Wildman–Crippen LogP) is 2.03. The fraction of sp³-hybridized carbons (Fsp3) is 0.533. The first-order valence-electron chi connectivity index (χ1n) is 6.54. The van der Waals surface area contributed by atoms with Crippen LogP contribution in [0, 0.1) is 11.3 Å². The van der Waals surface area contributed by atoms with Gasteiger partial charge in [0, 0.05) is 17.8 Å². The van der Waals surface area contributed by atoms with Gasteiger partial charge in [-0.1, -0.05) is 12.1 Å². The van der Waals surface area contributed by atoms with E-state index in [9.17, 15) is 5.11 Å². The third-order valence-corrected chi connectivity index (χ3v) is 4.17. The summed E-state index contributed by atoms with van der Waals surface area (Å²) < 4.78 is 5.63. The number of nitrogens with one attached hydrogen (secondary N) is 1. The molecule has 2 N–H and O–H groups in total. The number of nitriles is 1. The largest absolute Gasteiger partial charge is 0.489 e. The first-order chi connectivity index (χ1) is 9.48. The topological polar surface area (TPSA) is 65.3 Å². The molecule has 1 aromatic carbocycles. The smallest absolute Gasteiger partial charge is 0.137 e. The van der Waals surface area contributed by atoms with Crippen LogP contribution in [0.5, 0.6) is 5.75 Å². The van der Waals surface area contributed by atoms with Crippen molar-refractivity contribution in [3.63, 3.8) is 0 Å². The summed E-state index contributed by atoms with van der Waals surface area (Å²) in [4.78, 5) is 0. The van der Waals surface area contributed by atoms with Crippen molar-refractivity contribution >= 4 is 11.8 Å². The first kappa shape index (κ1) is 16.8. The van der Waals surface area contributed by atoms with Gasteiger partial charge in [-0.05, 0) is 32.2 Å². The molecule has 1 rings (SSSR count). The molecule has 0 aliphatic rings. The Balaban J connectivity index is 2.33. The van der Waals surface area contributed by atoms with Gasteiger partial charge in [-0.15, -0.1) is 0 Å². The average molecular weight is 294 g/mol. The van der Waals surface area contributed by atoms with Crippen molar-refractivity contribution < 1.29 is 9.84 Å². The molecule has 0 heterocycles. The van der Waals surface area contributed by atoms with E-state index in [0.717, 1.165) is 6.54 Å². The summed E-state index contributed by atoms with van der Waals surface area (Å²) in [5.41, 5.74) is 0.483. The fourth-order valence-corrected chi connectivity index (χ4v) is 1.79. The Morgan fingerprint density at radius 3 is 2.80 bits per heavy atom. The molecule has 5 heteroatoms. The van der Waals surface area contributed by atoms with Crippen LogP contribution in [0.15, 0.2) is 24.3 Å². The van der Waals surface area contributed by atoms with Crippen LogP contribution < -0.4 is 10.1 Å². The van der Waals surface area contributed by atoms with Gasteiger partial charge in [-0.3, -0.25) is 0 Å². The van der Waals surface area contributed by atoms with Crippen molar-refractivity contribution in [3.8, 4) is 11.8 Å². The van der Waals surface area contributed by atoms with Gasteiger partial charge in [0.05, 0.1) is 5.56 Å². The van der Waals surface area contributed by atoms with E-state index in [-0.39, 0.29) is 11.4 Å². The quantitative estimate of drug-likeness (QED) is 0.768. The van der Waals surface area contributed by atoms with Gasteiger partial charge in [0.15, 0.2) is 0 Å². The van der Waals surface area contributed by atoms with Crippen LogP contribution in [0.3, 0.4) is 0 Å². The maximum Gasteiger partial charge on any atom is 0.137 e. The summed E-state index contributed by atoms with van der Waals surface area (Å²) in [5, 5.41) is 22.0. The van der Waals surface area contributed by atoms with E-state index < -0.39 is 6.10 Å². The van der Waals surface area contributed by atoms with Crippen LogP contribution in [0.4, 0.5) is 0 Å². The highest BCUT2D eigenvalue weighted by molar-refractivity contribution is 7.99. The first-order valence-corrected chi connectivity index (χ1v) is 7.77. The van der Waals surface area contributed by atoms with E-state index in [2.05, 4.69) is 31.5 Å². The Morgan fingerprint density at radius 1 is 1.45 bits per heavy atom. The fourth-order valence-electron chi connectivity index (χ4n) is 1.54. The van der Waals surface area contributed by atoms with E-state index in [4.69, 9.17) is 10.00 Å². The second-order valence-electron chi connectivity index (χ2n) is 5.17. The Kier molecular flexibility index (Phi) is 6.86. The van der Waals surface area contributed by atoms with Gasteiger partial charge in [-0.25, -0.2) is 0 Å². The lowest BCUT2D eigenvalue weighted by Gasteiger charge is -2.23. The van der Waals surface area contributed by atoms with Gasteiger partial charge in [0.25, 0.3) is 0 Å². The second kappa shape index (κ2) is 8.15. The minimum absolute atomic E-state index is 0.147. The molecule has 1 atom stereocenters.